The Labute approximate surface area is 168 Å². The monoisotopic (exact) mass is 420 g/mol. The Kier molecular flexibility index (Phi) is 5.22. The highest BCUT2D eigenvalue weighted by molar-refractivity contribution is 6.33. The summed E-state index contributed by atoms with van der Waals surface area (Å²) in [6.07, 6.45) is 1.50. The number of phenolic OH excluding ortho intramolecular Hbond substituents is 1. The highest BCUT2D eigenvalue weighted by Gasteiger charge is 2.13. The number of aromatic nitrogens is 2. The first kappa shape index (κ1) is 19.6. The molecule has 0 aliphatic carbocycles. The van der Waals surface area contributed by atoms with Crippen LogP contribution in [0.2, 0.25) is 10.0 Å². The van der Waals surface area contributed by atoms with Gasteiger partial charge in [0.15, 0.2) is 11.5 Å². The number of carbonyl (C=O) groups is 1. The summed E-state index contributed by atoms with van der Waals surface area (Å²) in [5.41, 5.74) is 0.118. The number of carboxylic acid groups (broad SMARTS) is 1. The lowest BCUT2D eigenvalue weighted by Gasteiger charge is -2.05. The van der Waals surface area contributed by atoms with Crippen molar-refractivity contribution in [1.82, 2.24) is 9.78 Å². The van der Waals surface area contributed by atoms with E-state index >= 15 is 0 Å². The maximum Gasteiger partial charge on any atom is 0.337 e. The highest BCUT2D eigenvalue weighted by Crippen LogP contribution is 2.32. The number of H-pyrrole nitrogens is 1. The van der Waals surface area contributed by atoms with Gasteiger partial charge < -0.3 is 14.9 Å². The first-order valence-electron chi connectivity index (χ1n) is 7.84. The number of carboxylic acids is 1. The molecule has 144 valence electrons. The van der Waals surface area contributed by atoms with E-state index in [2.05, 4.69) is 11.7 Å². The van der Waals surface area contributed by atoms with Crippen LogP contribution < -0.4 is 20.9 Å². The van der Waals surface area contributed by atoms with Crippen LogP contribution in [0.15, 0.2) is 35.1 Å². The molecule has 3 N–H and O–H groups in total. The molecule has 0 unspecified atom stereocenters. The molecule has 3 aromatic rings. The molecule has 0 spiro atoms. The van der Waals surface area contributed by atoms with E-state index in [1.165, 1.54) is 43.5 Å². The molecule has 28 heavy (non-hydrogen) atoms. The van der Waals surface area contributed by atoms with Crippen molar-refractivity contribution in [2.24, 2.45) is 0 Å². The molecule has 0 aliphatic rings. The summed E-state index contributed by atoms with van der Waals surface area (Å²) in [7, 11) is 1.39. The lowest BCUT2D eigenvalue weighted by molar-refractivity contribution is 0.0697. The summed E-state index contributed by atoms with van der Waals surface area (Å²) in [5.74, 6) is -1.15. The van der Waals surface area contributed by atoms with Gasteiger partial charge in [-0.05, 0) is 35.9 Å². The molecule has 0 saturated carbocycles. The van der Waals surface area contributed by atoms with Crippen LogP contribution in [0.3, 0.4) is 0 Å². The zero-order valence-corrected chi connectivity index (χ0v) is 16.0. The Hall–Kier alpha value is -3.16. The van der Waals surface area contributed by atoms with Crippen molar-refractivity contribution in [3.8, 4) is 17.2 Å². The smallest absolute Gasteiger partial charge is 0.337 e. The Balaban J connectivity index is 2.21. The van der Waals surface area contributed by atoms with Gasteiger partial charge in [-0.3, -0.25) is 9.89 Å². The molecule has 0 saturated heterocycles. The summed E-state index contributed by atoms with van der Waals surface area (Å²) in [6.45, 7) is 3.81. The SMILES string of the molecule is C=c1[nH]n(-c2ccc(Cl)c(C(=O)O)c2)c(=O)/c1=C/c1cc(OC)c(O)cc1Cl. The number of aromatic hydroxyl groups is 1. The van der Waals surface area contributed by atoms with Crippen molar-refractivity contribution in [2.45, 2.75) is 0 Å². The number of aromatic amines is 1. The number of nitrogens with one attached hydrogen (secondary N) is 1. The third-order valence-corrected chi connectivity index (χ3v) is 4.70. The van der Waals surface area contributed by atoms with E-state index in [1.807, 2.05) is 0 Å². The second-order valence-corrected chi connectivity index (χ2v) is 6.62. The third-order valence-electron chi connectivity index (χ3n) is 4.04. The fraction of sp³-hybridized carbons (Fsp3) is 0.0526. The predicted octanol–water partition coefficient (Wildman–Crippen LogP) is 2.12. The first-order valence-corrected chi connectivity index (χ1v) is 8.60. The number of aromatic carboxylic acids is 1. The number of methoxy groups -OCH3 is 1. The topological polar surface area (TPSA) is 105 Å². The molecule has 0 atom stereocenters. The second kappa shape index (κ2) is 7.46. The van der Waals surface area contributed by atoms with E-state index < -0.39 is 11.5 Å². The summed E-state index contributed by atoms with van der Waals surface area (Å²) in [5, 5.41) is 22.6. The van der Waals surface area contributed by atoms with Crippen molar-refractivity contribution in [3.05, 3.63) is 72.4 Å². The Morgan fingerprint density at radius 2 is 1.96 bits per heavy atom. The van der Waals surface area contributed by atoms with Gasteiger partial charge in [0.05, 0.1) is 39.0 Å². The Morgan fingerprint density at radius 3 is 2.61 bits per heavy atom. The third kappa shape index (κ3) is 3.49. The fourth-order valence-corrected chi connectivity index (χ4v) is 3.04. The number of phenols is 1. The number of benzene rings is 2. The molecule has 3 rings (SSSR count). The Morgan fingerprint density at radius 1 is 1.25 bits per heavy atom. The highest BCUT2D eigenvalue weighted by atomic mass is 35.5. The average Bonchev–Trinajstić information content (AvgIpc) is 2.92. The molecule has 0 aliphatic heterocycles. The fourth-order valence-electron chi connectivity index (χ4n) is 2.63. The normalized spacial score (nSPS) is 11.6. The van der Waals surface area contributed by atoms with Crippen LogP contribution in [0.5, 0.6) is 11.5 Å². The van der Waals surface area contributed by atoms with Gasteiger partial charge in [0, 0.05) is 6.07 Å². The minimum Gasteiger partial charge on any atom is -0.504 e. The average molecular weight is 421 g/mol. The maximum absolute atomic E-state index is 12.8. The molecule has 1 aromatic heterocycles. The van der Waals surface area contributed by atoms with Gasteiger partial charge in [-0.2, -0.15) is 0 Å². The lowest BCUT2D eigenvalue weighted by Crippen LogP contribution is -2.34. The zero-order valence-electron chi connectivity index (χ0n) is 14.5. The summed E-state index contributed by atoms with van der Waals surface area (Å²) in [4.78, 5) is 24.1. The van der Waals surface area contributed by atoms with Gasteiger partial charge in [-0.1, -0.05) is 29.8 Å². The first-order chi connectivity index (χ1) is 13.2. The van der Waals surface area contributed by atoms with Crippen LogP contribution in [-0.2, 0) is 0 Å². The van der Waals surface area contributed by atoms with Crippen LogP contribution in [0.4, 0.5) is 0 Å². The van der Waals surface area contributed by atoms with Crippen LogP contribution in [0, 0.1) is 0 Å². The summed E-state index contributed by atoms with van der Waals surface area (Å²) in [6, 6.07) is 6.97. The van der Waals surface area contributed by atoms with Gasteiger partial charge in [-0.25, -0.2) is 9.48 Å². The maximum atomic E-state index is 12.8. The lowest BCUT2D eigenvalue weighted by atomic mass is 10.1. The molecule has 0 radical (unpaired) electrons. The van der Waals surface area contributed by atoms with E-state index in [0.29, 0.717) is 10.9 Å². The van der Waals surface area contributed by atoms with Crippen molar-refractivity contribution < 1.29 is 19.7 Å². The number of hydrogen-bond acceptors (Lipinski definition) is 4. The van der Waals surface area contributed by atoms with Crippen molar-refractivity contribution in [3.63, 3.8) is 0 Å². The zero-order chi connectivity index (χ0) is 20.6. The van der Waals surface area contributed by atoms with E-state index in [9.17, 15) is 19.8 Å². The molecule has 1 heterocycles. The van der Waals surface area contributed by atoms with Gasteiger partial charge in [0.1, 0.15) is 0 Å². The summed E-state index contributed by atoms with van der Waals surface area (Å²) >= 11 is 12.0. The van der Waals surface area contributed by atoms with Gasteiger partial charge in [0.2, 0.25) is 0 Å². The van der Waals surface area contributed by atoms with E-state index in [1.54, 1.807) is 0 Å². The molecular formula is C19H14Cl2N2O5. The standard InChI is InChI=1S/C19H14Cl2N2O5/c1-9-12(5-10-6-17(28-2)16(24)8-15(10)21)18(25)23(22-9)11-3-4-14(20)13(7-11)19(26)27/h3-8,22,24H,1H2,2H3,(H,26,27)/b12-5+. The van der Waals surface area contributed by atoms with Crippen LogP contribution in [0.25, 0.3) is 18.3 Å². The molecule has 2 aromatic carbocycles. The largest absolute Gasteiger partial charge is 0.504 e. The number of hydrogen-bond donors (Lipinski definition) is 3. The van der Waals surface area contributed by atoms with Gasteiger partial charge in [0.25, 0.3) is 5.56 Å². The second-order valence-electron chi connectivity index (χ2n) is 5.80. The van der Waals surface area contributed by atoms with E-state index in [-0.39, 0.29) is 38.0 Å². The van der Waals surface area contributed by atoms with E-state index in [4.69, 9.17) is 27.9 Å². The van der Waals surface area contributed by atoms with Crippen LogP contribution in [0.1, 0.15) is 15.9 Å². The van der Waals surface area contributed by atoms with E-state index in [0.717, 1.165) is 4.68 Å². The molecule has 0 bridgehead atoms. The number of rotatable bonds is 4. The minimum atomic E-state index is -1.21. The molecular weight excluding hydrogens is 407 g/mol. The van der Waals surface area contributed by atoms with Crippen molar-refractivity contribution in [1.29, 1.82) is 0 Å². The predicted molar refractivity (Wildman–Crippen MR) is 106 cm³/mol. The van der Waals surface area contributed by atoms with Crippen LogP contribution in [-0.4, -0.2) is 33.1 Å². The number of ether oxygens (including phenoxy) is 1. The quantitative estimate of drug-likeness (QED) is 0.599. The molecule has 9 heteroatoms. The van der Waals surface area contributed by atoms with Crippen LogP contribution >= 0.6 is 23.2 Å². The Bertz CT molecular complexity index is 1260. The molecule has 0 amide bonds. The minimum absolute atomic E-state index is 0.0560. The van der Waals surface area contributed by atoms with Gasteiger partial charge in [-0.15, -0.1) is 0 Å². The molecule has 0 fully saturated rings. The number of nitrogens with zero attached hydrogens (tertiary/aromatic N) is 1. The summed E-state index contributed by atoms with van der Waals surface area (Å²) < 4.78 is 6.21. The van der Waals surface area contributed by atoms with Crippen molar-refractivity contribution in [2.75, 3.05) is 7.11 Å². The van der Waals surface area contributed by atoms with Crippen molar-refractivity contribution >= 4 is 41.8 Å². The van der Waals surface area contributed by atoms with Gasteiger partial charge >= 0.3 is 5.97 Å². The number of halogens is 2. The molecule has 7 nitrogen and oxygen atoms in total.